The average Bonchev–Trinajstić information content (AvgIpc) is 2.81. The van der Waals surface area contributed by atoms with Crippen molar-refractivity contribution in [2.45, 2.75) is 19.6 Å². The van der Waals surface area contributed by atoms with Gasteiger partial charge in [0.15, 0.2) is 5.82 Å². The summed E-state index contributed by atoms with van der Waals surface area (Å²) in [4.78, 5) is 6.91. The van der Waals surface area contributed by atoms with Crippen molar-refractivity contribution >= 4 is 11.6 Å². The Hall–Kier alpha value is -2.39. The van der Waals surface area contributed by atoms with Crippen LogP contribution in [0, 0.1) is 0 Å². The van der Waals surface area contributed by atoms with Crippen LogP contribution in [-0.4, -0.2) is 31.3 Å². The van der Waals surface area contributed by atoms with Gasteiger partial charge in [0.2, 0.25) is 5.82 Å². The first kappa shape index (κ1) is 15.0. The number of hydrogen-bond donors (Lipinski definition) is 2. The Balaban J connectivity index is 2.21. The Morgan fingerprint density at radius 3 is 2.38 bits per heavy atom. The van der Waals surface area contributed by atoms with Crippen molar-refractivity contribution in [3.63, 3.8) is 0 Å². The van der Waals surface area contributed by atoms with Crippen LogP contribution in [0.4, 0.5) is 24.8 Å². The van der Waals surface area contributed by atoms with E-state index in [1.54, 1.807) is 18.5 Å². The maximum Gasteiger partial charge on any atom is 0.451 e. The van der Waals surface area contributed by atoms with Crippen LogP contribution in [0.3, 0.4) is 0 Å². The fraction of sp³-hybridized carbons (Fsp3) is 0.455. The number of nitrogens with one attached hydrogen (secondary N) is 2. The van der Waals surface area contributed by atoms with E-state index in [0.29, 0.717) is 12.4 Å². The molecule has 0 aliphatic carbocycles. The van der Waals surface area contributed by atoms with Gasteiger partial charge in [-0.1, -0.05) is 0 Å². The third kappa shape index (κ3) is 3.80. The van der Waals surface area contributed by atoms with Gasteiger partial charge in [-0.15, -0.1) is 10.2 Å². The number of hydrogen-bond acceptors (Lipinski definition) is 6. The molecule has 114 valence electrons. The zero-order chi connectivity index (χ0) is 15.5. The highest BCUT2D eigenvalue weighted by molar-refractivity contribution is 5.47. The summed E-state index contributed by atoms with van der Waals surface area (Å²) in [6, 6.07) is 1.41. The van der Waals surface area contributed by atoms with Crippen LogP contribution < -0.4 is 10.6 Å². The van der Waals surface area contributed by atoms with Crippen LogP contribution in [0.25, 0.3) is 0 Å². The lowest BCUT2D eigenvalue weighted by Gasteiger charge is -2.11. The number of aromatic nitrogens is 5. The molecule has 2 N–H and O–H groups in total. The summed E-state index contributed by atoms with van der Waals surface area (Å²) in [5.41, 5.74) is 0. The summed E-state index contributed by atoms with van der Waals surface area (Å²) in [5.74, 6) is -0.440. The molecule has 21 heavy (non-hydrogen) atoms. The van der Waals surface area contributed by atoms with Gasteiger partial charge in [-0.2, -0.15) is 13.2 Å². The number of rotatable bonds is 5. The molecule has 0 saturated carbocycles. The fourth-order valence-corrected chi connectivity index (χ4v) is 1.57. The van der Waals surface area contributed by atoms with E-state index in [1.165, 1.54) is 12.4 Å². The zero-order valence-electron chi connectivity index (χ0n) is 11.4. The minimum atomic E-state index is -4.60. The number of anilines is 2. The summed E-state index contributed by atoms with van der Waals surface area (Å²) < 4.78 is 39.9. The molecule has 2 aromatic heterocycles. The van der Waals surface area contributed by atoms with Gasteiger partial charge in [-0.3, -0.25) is 0 Å². The molecule has 0 bridgehead atoms. The second kappa shape index (κ2) is 5.94. The lowest BCUT2D eigenvalue weighted by atomic mass is 10.4. The molecule has 10 heteroatoms. The molecule has 0 aliphatic heterocycles. The van der Waals surface area contributed by atoms with Gasteiger partial charge in [-0.25, -0.2) is 9.97 Å². The zero-order valence-corrected chi connectivity index (χ0v) is 11.4. The number of nitrogens with zero attached hydrogens (tertiary/aromatic N) is 5. The minimum Gasteiger partial charge on any atom is -0.370 e. The third-order valence-electron chi connectivity index (χ3n) is 2.57. The van der Waals surface area contributed by atoms with Crippen LogP contribution in [-0.2, 0) is 19.8 Å². The summed E-state index contributed by atoms with van der Waals surface area (Å²) in [7, 11) is 1.74. The van der Waals surface area contributed by atoms with Gasteiger partial charge in [0.25, 0.3) is 0 Å². The van der Waals surface area contributed by atoms with Crippen molar-refractivity contribution in [2.24, 2.45) is 7.05 Å². The van der Waals surface area contributed by atoms with Gasteiger partial charge < -0.3 is 15.2 Å². The van der Waals surface area contributed by atoms with Crippen LogP contribution in [0.15, 0.2) is 12.4 Å². The molecule has 0 saturated heterocycles. The predicted octanol–water partition coefficient (Wildman–Crippen LogP) is 1.67. The van der Waals surface area contributed by atoms with E-state index < -0.39 is 12.0 Å². The minimum absolute atomic E-state index is 0.0660. The second-order valence-electron chi connectivity index (χ2n) is 4.20. The van der Waals surface area contributed by atoms with Crippen LogP contribution in [0.1, 0.15) is 18.6 Å². The van der Waals surface area contributed by atoms with E-state index in [-0.39, 0.29) is 18.2 Å². The Morgan fingerprint density at radius 2 is 1.86 bits per heavy atom. The lowest BCUT2D eigenvalue weighted by molar-refractivity contribution is -0.144. The summed E-state index contributed by atoms with van der Waals surface area (Å²) in [5, 5.41) is 13.0. The molecule has 0 amide bonds. The molecule has 0 aromatic carbocycles. The van der Waals surface area contributed by atoms with Crippen molar-refractivity contribution in [1.29, 1.82) is 0 Å². The normalized spacial score (nSPS) is 11.5. The second-order valence-corrected chi connectivity index (χ2v) is 4.20. The van der Waals surface area contributed by atoms with Gasteiger partial charge in [0, 0.05) is 19.7 Å². The van der Waals surface area contributed by atoms with E-state index in [1.807, 2.05) is 0 Å². The highest BCUT2D eigenvalue weighted by Gasteiger charge is 2.35. The average molecular weight is 301 g/mol. The highest BCUT2D eigenvalue weighted by Crippen LogP contribution is 2.28. The van der Waals surface area contributed by atoms with Gasteiger partial charge >= 0.3 is 6.18 Å². The topological polar surface area (TPSA) is 80.5 Å². The van der Waals surface area contributed by atoms with Crippen molar-refractivity contribution < 1.29 is 13.2 Å². The molecule has 0 radical (unpaired) electrons. The third-order valence-corrected chi connectivity index (χ3v) is 2.57. The summed E-state index contributed by atoms with van der Waals surface area (Å²) >= 11 is 0. The Labute approximate surface area is 118 Å². The van der Waals surface area contributed by atoms with Crippen molar-refractivity contribution in [3.05, 3.63) is 24.0 Å². The molecular formula is C11H14F3N7. The molecule has 7 nitrogen and oxygen atoms in total. The number of aryl methyl sites for hydroxylation is 1. The maximum absolute atomic E-state index is 12.8. The first-order valence-electron chi connectivity index (χ1n) is 6.17. The molecule has 0 atom stereocenters. The van der Waals surface area contributed by atoms with E-state index in [9.17, 15) is 13.2 Å². The van der Waals surface area contributed by atoms with Crippen LogP contribution in [0.2, 0.25) is 0 Å². The SMILES string of the molecule is CCNc1cc(NCc2nncn2C)nc(C(F)(F)F)n1. The Morgan fingerprint density at radius 1 is 1.19 bits per heavy atom. The van der Waals surface area contributed by atoms with Crippen molar-refractivity contribution in [2.75, 3.05) is 17.2 Å². The van der Waals surface area contributed by atoms with E-state index in [0.717, 1.165) is 0 Å². The maximum atomic E-state index is 12.8. The smallest absolute Gasteiger partial charge is 0.370 e. The van der Waals surface area contributed by atoms with E-state index in [2.05, 4.69) is 30.8 Å². The standard InChI is InChI=1S/C11H14F3N7/c1-3-15-7-4-8(19-10(18-7)11(12,13)14)16-5-9-20-17-6-21(9)2/h4,6H,3,5H2,1-2H3,(H2,15,16,18,19). The summed E-state index contributed by atoms with van der Waals surface area (Å²) in [6.45, 7) is 2.43. The molecule has 0 aliphatic rings. The molecule has 0 fully saturated rings. The fourth-order valence-electron chi connectivity index (χ4n) is 1.57. The number of halogens is 3. The van der Waals surface area contributed by atoms with E-state index in [4.69, 9.17) is 0 Å². The van der Waals surface area contributed by atoms with Crippen LogP contribution >= 0.6 is 0 Å². The predicted molar refractivity (Wildman–Crippen MR) is 69.5 cm³/mol. The first-order valence-corrected chi connectivity index (χ1v) is 6.17. The monoisotopic (exact) mass is 301 g/mol. The molecule has 2 aromatic rings. The largest absolute Gasteiger partial charge is 0.451 e. The molecular weight excluding hydrogens is 287 g/mol. The summed E-state index contributed by atoms with van der Waals surface area (Å²) in [6.07, 6.45) is -3.10. The number of alkyl halides is 3. The Kier molecular flexibility index (Phi) is 4.24. The van der Waals surface area contributed by atoms with Gasteiger partial charge in [0.05, 0.1) is 6.54 Å². The van der Waals surface area contributed by atoms with Crippen molar-refractivity contribution in [1.82, 2.24) is 24.7 Å². The first-order chi connectivity index (χ1) is 9.90. The molecule has 0 unspecified atom stereocenters. The van der Waals surface area contributed by atoms with Gasteiger partial charge in [0.1, 0.15) is 18.0 Å². The highest BCUT2D eigenvalue weighted by atomic mass is 19.4. The van der Waals surface area contributed by atoms with Crippen molar-refractivity contribution in [3.8, 4) is 0 Å². The van der Waals surface area contributed by atoms with E-state index >= 15 is 0 Å². The molecule has 2 rings (SSSR count). The van der Waals surface area contributed by atoms with Gasteiger partial charge in [-0.05, 0) is 6.92 Å². The lowest BCUT2D eigenvalue weighted by Crippen LogP contribution is -2.15. The molecule has 2 heterocycles. The van der Waals surface area contributed by atoms with Crippen LogP contribution in [0.5, 0.6) is 0 Å². The Bertz CT molecular complexity index is 608. The molecule has 0 spiro atoms. The quantitative estimate of drug-likeness (QED) is 0.874.